The van der Waals surface area contributed by atoms with Gasteiger partial charge in [-0.2, -0.15) is 0 Å². The van der Waals surface area contributed by atoms with Crippen molar-refractivity contribution in [2.45, 2.75) is 44.1 Å². The Morgan fingerprint density at radius 1 is 1.05 bits per heavy atom. The molecule has 0 atom stereocenters. The molecule has 1 aromatic rings. The number of hydrogen-bond donors (Lipinski definition) is 2. The van der Waals surface area contributed by atoms with E-state index >= 15 is 0 Å². The molecule has 0 amide bonds. The zero-order valence-corrected chi connectivity index (χ0v) is 13.3. The van der Waals surface area contributed by atoms with Crippen LogP contribution in [0.4, 0.5) is 11.4 Å². The summed E-state index contributed by atoms with van der Waals surface area (Å²) in [6.07, 6.45) is 8.56. The molecule has 0 aromatic heterocycles. The first-order valence-corrected chi connectivity index (χ1v) is 8.53. The average molecular weight is 368 g/mol. The molecule has 0 saturated heterocycles. The Morgan fingerprint density at radius 3 is 2.16 bits per heavy atom. The average Bonchev–Trinajstić information content (AvgIpc) is 2.31. The van der Waals surface area contributed by atoms with Gasteiger partial charge in [0.1, 0.15) is 0 Å². The van der Waals surface area contributed by atoms with Gasteiger partial charge in [-0.15, -0.1) is 0 Å². The normalized spacial score (nSPS) is 39.5. The van der Waals surface area contributed by atoms with Crippen molar-refractivity contribution in [3.05, 3.63) is 21.8 Å². The summed E-state index contributed by atoms with van der Waals surface area (Å²) in [5.41, 5.74) is 8.60. The first-order chi connectivity index (χ1) is 9.12. The fraction of sp³-hybridized carbons (Fsp3) is 0.625. The van der Waals surface area contributed by atoms with Crippen LogP contribution in [0.5, 0.6) is 0 Å². The summed E-state index contributed by atoms with van der Waals surface area (Å²) in [6.45, 7) is 0. The standard InChI is InChI=1S/C16H21IN2/c17-13-1-2-15(14(18)6-13)19-16-7-10-3-11(8-16)5-12(4-10)9-16/h1-2,6,10-12,19H,3-5,7-9,18H2. The molecule has 3 N–H and O–H groups in total. The number of rotatable bonds is 2. The maximum Gasteiger partial charge on any atom is 0.0578 e. The molecule has 102 valence electrons. The minimum Gasteiger partial charge on any atom is -0.397 e. The largest absolute Gasteiger partial charge is 0.397 e. The van der Waals surface area contributed by atoms with Crippen LogP contribution in [0.1, 0.15) is 38.5 Å². The molecule has 2 nitrogen and oxygen atoms in total. The van der Waals surface area contributed by atoms with Crippen molar-refractivity contribution in [3.8, 4) is 0 Å². The summed E-state index contributed by atoms with van der Waals surface area (Å²) in [6, 6.07) is 6.39. The Hall–Kier alpha value is -0.450. The van der Waals surface area contributed by atoms with Gasteiger partial charge in [0.2, 0.25) is 0 Å². The van der Waals surface area contributed by atoms with Crippen LogP contribution in [-0.2, 0) is 0 Å². The molecular weight excluding hydrogens is 347 g/mol. The molecule has 0 aliphatic heterocycles. The molecule has 3 heteroatoms. The van der Waals surface area contributed by atoms with Gasteiger partial charge in [0.15, 0.2) is 0 Å². The van der Waals surface area contributed by atoms with Crippen molar-refractivity contribution >= 4 is 34.0 Å². The van der Waals surface area contributed by atoms with Gasteiger partial charge in [0.25, 0.3) is 0 Å². The number of nitrogens with two attached hydrogens (primary N) is 1. The molecule has 4 saturated carbocycles. The van der Waals surface area contributed by atoms with E-state index < -0.39 is 0 Å². The summed E-state index contributed by atoms with van der Waals surface area (Å²) in [5, 5.41) is 3.85. The minimum atomic E-state index is 0.357. The van der Waals surface area contributed by atoms with Gasteiger partial charge in [-0.05, 0) is 97.1 Å². The molecule has 0 spiro atoms. The summed E-state index contributed by atoms with van der Waals surface area (Å²) < 4.78 is 1.21. The van der Waals surface area contributed by atoms with E-state index in [0.29, 0.717) is 5.54 Å². The minimum absolute atomic E-state index is 0.357. The third-order valence-corrected chi connectivity index (χ3v) is 6.12. The topological polar surface area (TPSA) is 38.0 Å². The van der Waals surface area contributed by atoms with E-state index in [4.69, 9.17) is 5.73 Å². The maximum absolute atomic E-state index is 6.18. The number of nitrogen functional groups attached to an aromatic ring is 1. The molecule has 1 aromatic carbocycles. The molecule has 0 heterocycles. The molecule has 4 fully saturated rings. The quantitative estimate of drug-likeness (QED) is 0.605. The zero-order chi connectivity index (χ0) is 13.0. The lowest BCUT2D eigenvalue weighted by atomic mass is 9.53. The van der Waals surface area contributed by atoms with Crippen LogP contribution in [0.15, 0.2) is 18.2 Å². The van der Waals surface area contributed by atoms with Crippen LogP contribution in [0.3, 0.4) is 0 Å². The zero-order valence-electron chi connectivity index (χ0n) is 11.2. The SMILES string of the molecule is Nc1cc(I)ccc1NC12CC3CC(CC(C3)C1)C2. The van der Waals surface area contributed by atoms with Crippen LogP contribution < -0.4 is 11.1 Å². The number of halogens is 1. The second-order valence-electron chi connectivity index (χ2n) is 7.05. The highest BCUT2D eigenvalue weighted by Gasteiger charge is 2.50. The van der Waals surface area contributed by atoms with Crippen molar-refractivity contribution in [1.29, 1.82) is 0 Å². The van der Waals surface area contributed by atoms with Crippen molar-refractivity contribution in [2.24, 2.45) is 17.8 Å². The fourth-order valence-electron chi connectivity index (χ4n) is 5.20. The van der Waals surface area contributed by atoms with Crippen LogP contribution in [0.2, 0.25) is 0 Å². The second-order valence-corrected chi connectivity index (χ2v) is 8.30. The second kappa shape index (κ2) is 4.27. The van der Waals surface area contributed by atoms with Gasteiger partial charge >= 0.3 is 0 Å². The van der Waals surface area contributed by atoms with E-state index in [0.717, 1.165) is 29.1 Å². The Balaban J connectivity index is 1.62. The lowest BCUT2D eigenvalue weighted by molar-refractivity contribution is 0.0107. The molecule has 4 bridgehead atoms. The Labute approximate surface area is 128 Å². The van der Waals surface area contributed by atoms with E-state index in [1.807, 2.05) is 0 Å². The lowest BCUT2D eigenvalue weighted by Gasteiger charge is -2.57. The van der Waals surface area contributed by atoms with Crippen molar-refractivity contribution in [3.63, 3.8) is 0 Å². The van der Waals surface area contributed by atoms with Crippen molar-refractivity contribution in [2.75, 3.05) is 11.1 Å². The molecular formula is C16H21IN2. The maximum atomic E-state index is 6.18. The van der Waals surface area contributed by atoms with Crippen LogP contribution in [0.25, 0.3) is 0 Å². The van der Waals surface area contributed by atoms with E-state index in [2.05, 4.69) is 46.1 Å². The highest BCUT2D eigenvalue weighted by Crippen LogP contribution is 2.56. The van der Waals surface area contributed by atoms with E-state index in [1.54, 1.807) is 0 Å². The number of benzene rings is 1. The number of nitrogens with one attached hydrogen (secondary N) is 1. The summed E-state index contributed by atoms with van der Waals surface area (Å²) >= 11 is 2.32. The van der Waals surface area contributed by atoms with Crippen LogP contribution in [-0.4, -0.2) is 5.54 Å². The Morgan fingerprint density at radius 2 is 1.63 bits per heavy atom. The monoisotopic (exact) mass is 368 g/mol. The third-order valence-electron chi connectivity index (χ3n) is 5.45. The molecule has 0 unspecified atom stereocenters. The number of hydrogen-bond acceptors (Lipinski definition) is 2. The molecule has 4 aliphatic carbocycles. The summed E-state index contributed by atoms with van der Waals surface area (Å²) in [7, 11) is 0. The van der Waals surface area contributed by atoms with Gasteiger partial charge < -0.3 is 11.1 Å². The third kappa shape index (κ3) is 2.14. The van der Waals surface area contributed by atoms with E-state index in [9.17, 15) is 0 Å². The summed E-state index contributed by atoms with van der Waals surface area (Å²) in [4.78, 5) is 0. The Bertz CT molecular complexity index is 476. The van der Waals surface area contributed by atoms with E-state index in [-0.39, 0.29) is 0 Å². The smallest absolute Gasteiger partial charge is 0.0578 e. The van der Waals surface area contributed by atoms with Gasteiger partial charge in [0.05, 0.1) is 11.4 Å². The lowest BCUT2D eigenvalue weighted by Crippen LogP contribution is -2.54. The van der Waals surface area contributed by atoms with Crippen molar-refractivity contribution in [1.82, 2.24) is 0 Å². The number of anilines is 2. The van der Waals surface area contributed by atoms with Gasteiger partial charge in [-0.3, -0.25) is 0 Å². The predicted molar refractivity (Wildman–Crippen MR) is 88.1 cm³/mol. The predicted octanol–water partition coefficient (Wildman–Crippen LogP) is 4.25. The highest BCUT2D eigenvalue weighted by atomic mass is 127. The van der Waals surface area contributed by atoms with Crippen molar-refractivity contribution < 1.29 is 0 Å². The highest BCUT2D eigenvalue weighted by molar-refractivity contribution is 14.1. The van der Waals surface area contributed by atoms with Gasteiger partial charge in [-0.25, -0.2) is 0 Å². The van der Waals surface area contributed by atoms with Gasteiger partial charge in [-0.1, -0.05) is 0 Å². The summed E-state index contributed by atoms with van der Waals surface area (Å²) in [5.74, 6) is 2.93. The fourth-order valence-corrected chi connectivity index (χ4v) is 5.71. The molecule has 0 radical (unpaired) electrons. The van der Waals surface area contributed by atoms with E-state index in [1.165, 1.54) is 42.1 Å². The molecule has 4 aliphatic rings. The molecule has 19 heavy (non-hydrogen) atoms. The Kier molecular flexibility index (Phi) is 2.77. The molecule has 5 rings (SSSR count). The van der Waals surface area contributed by atoms with Crippen LogP contribution >= 0.6 is 22.6 Å². The first kappa shape index (κ1) is 12.3. The first-order valence-electron chi connectivity index (χ1n) is 7.45. The van der Waals surface area contributed by atoms with Crippen LogP contribution in [0, 0.1) is 21.3 Å². The van der Waals surface area contributed by atoms with Gasteiger partial charge in [0, 0.05) is 9.11 Å².